The topological polar surface area (TPSA) is 130 Å². The van der Waals surface area contributed by atoms with Gasteiger partial charge in [0.05, 0.1) is 36.6 Å². The Hall–Kier alpha value is -5.22. The summed E-state index contributed by atoms with van der Waals surface area (Å²) in [5, 5.41) is 21.2. The first-order chi connectivity index (χ1) is 30.3. The highest BCUT2D eigenvalue weighted by Gasteiger charge is 2.52. The fraction of sp³-hybridized carbons (Fsp3) is 0.400. The number of aliphatic hydroxyl groups is 2. The van der Waals surface area contributed by atoms with Crippen molar-refractivity contribution >= 4 is 73.1 Å². The predicted octanol–water partition coefficient (Wildman–Crippen LogP) is 11.8. The van der Waals surface area contributed by atoms with Crippen LogP contribution in [-0.2, 0) is 9.31 Å². The number of aromatic nitrogens is 2. The third-order valence-electron chi connectivity index (χ3n) is 13.7. The summed E-state index contributed by atoms with van der Waals surface area (Å²) in [6, 6.07) is 18.3. The maximum Gasteiger partial charge on any atom is 0.495 e. The Labute approximate surface area is 383 Å². The molecule has 2 aromatic heterocycles. The first kappa shape index (κ1) is 46.8. The number of rotatable bonds is 4. The number of hydrogen-bond donors (Lipinski definition) is 4. The molecule has 0 spiro atoms. The molecule has 10 nitrogen and oxygen atoms in total. The van der Waals surface area contributed by atoms with Crippen LogP contribution in [0.3, 0.4) is 0 Å². The Bertz CT molecular complexity index is 2760. The van der Waals surface area contributed by atoms with E-state index in [1.807, 2.05) is 56.4 Å². The Balaban J connectivity index is 0.000000148. The van der Waals surface area contributed by atoms with Crippen molar-refractivity contribution in [2.75, 3.05) is 11.5 Å². The maximum absolute atomic E-state index is 14.4. The van der Waals surface area contributed by atoms with Gasteiger partial charge in [-0.3, -0.25) is 0 Å². The second-order valence-electron chi connectivity index (χ2n) is 18.3. The molecule has 1 aliphatic heterocycles. The van der Waals surface area contributed by atoms with Crippen molar-refractivity contribution in [3.63, 3.8) is 0 Å². The van der Waals surface area contributed by atoms with Crippen LogP contribution >= 0.6 is 15.9 Å². The van der Waals surface area contributed by atoms with Gasteiger partial charge in [0.15, 0.2) is 0 Å². The standard InChI is InChI=1S/C22H22FN3O.C15H14BrFN2O.C13H20BNO2/c1-13-16(4-3-5-20(13)24)18-12-26(14-6-8-15(27)9-7-14)22-11-19(23)21(25-2)10-17(18)22;1-18-14-6-11-12(16)8-19(15(11)7-13(14)17)9-2-4-10(20)5-3-9;1-9-10(7-6-8-11(9)15)14-16-12(2,3)13(4,5)17-14/h3-5,10-12,14-15,27H,6-9,24H2,1H3;6-10,20H,2-5H2;6-8H,15H2,1-5H3. The van der Waals surface area contributed by atoms with Crippen LogP contribution in [0, 0.1) is 38.6 Å². The van der Waals surface area contributed by atoms with Gasteiger partial charge < -0.3 is 40.1 Å². The minimum absolute atomic E-state index is 0.0297. The van der Waals surface area contributed by atoms with Gasteiger partial charge in [0.2, 0.25) is 11.4 Å². The lowest BCUT2D eigenvalue weighted by atomic mass is 9.76. The van der Waals surface area contributed by atoms with E-state index in [0.29, 0.717) is 5.69 Å². The molecular formula is C50H56BBrF2N6O4. The molecule has 6 aromatic rings. The predicted molar refractivity (Wildman–Crippen MR) is 257 cm³/mol. The summed E-state index contributed by atoms with van der Waals surface area (Å²) in [5.41, 5.74) is 19.5. The van der Waals surface area contributed by atoms with Crippen molar-refractivity contribution in [1.82, 2.24) is 9.13 Å². The SMILES string of the molecule is Cc1c(N)cccc1B1OC(C)(C)C(C)(C)O1.[C-]#[N+]c1cc2c(-c3cccc(N)c3C)cn(C3CCC(O)CC3)c2cc1F.[C-]#[N+]c1cc2c(Br)cn(C3CCC(O)CC3)c2cc1F. The highest BCUT2D eigenvalue weighted by Crippen LogP contribution is 2.42. The largest absolute Gasteiger partial charge is 0.495 e. The summed E-state index contributed by atoms with van der Waals surface area (Å²) in [7, 11) is -0.330. The fourth-order valence-corrected chi connectivity index (χ4v) is 9.52. The Morgan fingerprint density at radius 1 is 0.672 bits per heavy atom. The van der Waals surface area contributed by atoms with E-state index in [0.717, 1.165) is 111 Å². The lowest BCUT2D eigenvalue weighted by Crippen LogP contribution is -2.41. The summed E-state index contributed by atoms with van der Waals surface area (Å²) in [6.45, 7) is 26.4. The van der Waals surface area contributed by atoms with Gasteiger partial charge in [0.1, 0.15) is 11.6 Å². The highest BCUT2D eigenvalue weighted by atomic mass is 79.9. The molecule has 64 heavy (non-hydrogen) atoms. The molecule has 0 atom stereocenters. The summed E-state index contributed by atoms with van der Waals surface area (Å²) < 4.78 is 45.3. The van der Waals surface area contributed by atoms with E-state index in [4.69, 9.17) is 33.9 Å². The average Bonchev–Trinajstić information content (AvgIpc) is 3.86. The molecule has 3 aliphatic rings. The third kappa shape index (κ3) is 9.31. The molecule has 14 heteroatoms. The zero-order chi connectivity index (χ0) is 46.2. The minimum atomic E-state index is -0.497. The van der Waals surface area contributed by atoms with Crippen LogP contribution in [0.4, 0.5) is 31.5 Å². The average molecular weight is 934 g/mol. The Morgan fingerprint density at radius 2 is 1.12 bits per heavy atom. The van der Waals surface area contributed by atoms with Gasteiger partial charge in [0.25, 0.3) is 0 Å². The number of benzene rings is 4. The lowest BCUT2D eigenvalue weighted by Gasteiger charge is -2.32. The molecular weight excluding hydrogens is 877 g/mol. The number of aliphatic hydroxyl groups excluding tert-OH is 2. The maximum atomic E-state index is 14.4. The van der Waals surface area contributed by atoms with E-state index in [1.165, 1.54) is 12.1 Å². The quantitative estimate of drug-likeness (QED) is 0.0791. The number of fused-ring (bicyclic) bond motifs is 2. The molecule has 0 amide bonds. The second kappa shape index (κ2) is 18.7. The molecule has 1 saturated heterocycles. The lowest BCUT2D eigenvalue weighted by molar-refractivity contribution is 0.00578. The van der Waals surface area contributed by atoms with E-state index >= 15 is 0 Å². The Kier molecular flexibility index (Phi) is 13.7. The molecule has 0 radical (unpaired) electrons. The van der Waals surface area contributed by atoms with Gasteiger partial charge in [0, 0.05) is 62.3 Å². The van der Waals surface area contributed by atoms with Crippen molar-refractivity contribution in [2.45, 2.75) is 128 Å². The number of anilines is 2. The zero-order valence-corrected chi connectivity index (χ0v) is 38.8. The van der Waals surface area contributed by atoms with Crippen LogP contribution in [-0.4, -0.2) is 49.9 Å². The normalized spacial score (nSPS) is 21.4. The van der Waals surface area contributed by atoms with Crippen LogP contribution in [0.1, 0.15) is 102 Å². The molecule has 6 N–H and O–H groups in total. The fourth-order valence-electron chi connectivity index (χ4n) is 8.98. The van der Waals surface area contributed by atoms with Gasteiger partial charge in [-0.15, -0.1) is 0 Å². The highest BCUT2D eigenvalue weighted by molar-refractivity contribution is 9.10. The number of nitrogens with two attached hydrogens (primary N) is 2. The number of hydrogen-bond acceptors (Lipinski definition) is 6. The molecule has 0 bridgehead atoms. The van der Waals surface area contributed by atoms with Gasteiger partial charge in [-0.25, -0.2) is 18.5 Å². The van der Waals surface area contributed by atoms with Crippen molar-refractivity contribution in [3.8, 4) is 11.1 Å². The first-order valence-electron chi connectivity index (χ1n) is 21.8. The monoisotopic (exact) mass is 932 g/mol. The molecule has 3 heterocycles. The van der Waals surface area contributed by atoms with E-state index < -0.39 is 11.6 Å². The van der Waals surface area contributed by atoms with Crippen molar-refractivity contribution in [3.05, 3.63) is 123 Å². The van der Waals surface area contributed by atoms with E-state index in [2.05, 4.69) is 68.6 Å². The molecule has 2 aliphatic carbocycles. The van der Waals surface area contributed by atoms with Crippen LogP contribution in [0.15, 0.2) is 77.5 Å². The summed E-state index contributed by atoms with van der Waals surface area (Å²) in [6.07, 6.45) is 10.1. The number of halogens is 3. The van der Waals surface area contributed by atoms with Crippen molar-refractivity contribution in [2.24, 2.45) is 0 Å². The number of nitrogen functional groups attached to an aromatic ring is 2. The van der Waals surface area contributed by atoms with E-state index in [-0.39, 0.29) is 54.0 Å². The van der Waals surface area contributed by atoms with Crippen molar-refractivity contribution in [1.29, 1.82) is 0 Å². The van der Waals surface area contributed by atoms with Crippen LogP contribution < -0.4 is 16.9 Å². The third-order valence-corrected chi connectivity index (χ3v) is 14.3. The van der Waals surface area contributed by atoms with Gasteiger partial charge in [-0.05, 0) is 173 Å². The molecule has 2 saturated carbocycles. The molecule has 9 rings (SSSR count). The molecule has 4 aromatic carbocycles. The van der Waals surface area contributed by atoms with Crippen molar-refractivity contribution < 1.29 is 28.3 Å². The second-order valence-corrected chi connectivity index (χ2v) is 19.1. The summed E-state index contributed by atoms with van der Waals surface area (Å²) >= 11 is 3.49. The summed E-state index contributed by atoms with van der Waals surface area (Å²) in [4.78, 5) is 6.54. The van der Waals surface area contributed by atoms with Gasteiger partial charge in [-0.2, -0.15) is 0 Å². The van der Waals surface area contributed by atoms with Gasteiger partial charge in [-0.1, -0.05) is 24.3 Å². The molecule has 0 unspecified atom stereocenters. The molecule has 334 valence electrons. The molecule has 3 fully saturated rings. The van der Waals surface area contributed by atoms with Crippen LogP contribution in [0.5, 0.6) is 0 Å². The van der Waals surface area contributed by atoms with E-state index in [1.54, 1.807) is 12.1 Å². The number of nitrogens with zero attached hydrogens (tertiary/aromatic N) is 4. The van der Waals surface area contributed by atoms with E-state index in [9.17, 15) is 19.0 Å². The first-order valence-corrected chi connectivity index (χ1v) is 22.6. The smallest absolute Gasteiger partial charge is 0.399 e. The summed E-state index contributed by atoms with van der Waals surface area (Å²) in [5.74, 6) is -0.973. The Morgan fingerprint density at radius 3 is 1.64 bits per heavy atom. The van der Waals surface area contributed by atoms with Gasteiger partial charge >= 0.3 is 7.12 Å². The van der Waals surface area contributed by atoms with Crippen LogP contribution in [0.25, 0.3) is 42.6 Å². The zero-order valence-electron chi connectivity index (χ0n) is 37.3. The minimum Gasteiger partial charge on any atom is -0.399 e. The van der Waals surface area contributed by atoms with Crippen LogP contribution in [0.2, 0.25) is 0 Å².